The number of rotatable bonds is 5. The number of ether oxygens (including phenoxy) is 1. The largest absolute Gasteiger partial charge is 0.374 e. The van der Waals surface area contributed by atoms with E-state index in [0.29, 0.717) is 13.0 Å². The van der Waals surface area contributed by atoms with Crippen molar-refractivity contribution in [1.29, 1.82) is 0 Å². The first kappa shape index (κ1) is 14.1. The van der Waals surface area contributed by atoms with Crippen molar-refractivity contribution in [3.63, 3.8) is 0 Å². The Morgan fingerprint density at radius 1 is 1.41 bits per heavy atom. The molecule has 0 aromatic heterocycles. The van der Waals surface area contributed by atoms with Gasteiger partial charge >= 0.3 is 0 Å². The number of halogens is 1. The number of aryl methyl sites for hydroxylation is 1. The van der Waals surface area contributed by atoms with Gasteiger partial charge in [-0.3, -0.25) is 0 Å². The summed E-state index contributed by atoms with van der Waals surface area (Å²) in [4.78, 5) is 0. The molecule has 17 heavy (non-hydrogen) atoms. The zero-order valence-electron chi connectivity index (χ0n) is 11.1. The van der Waals surface area contributed by atoms with E-state index in [0.717, 1.165) is 11.1 Å². The predicted molar refractivity (Wildman–Crippen MR) is 68.5 cm³/mol. The smallest absolute Gasteiger partial charge is 0.123 e. The van der Waals surface area contributed by atoms with E-state index in [1.54, 1.807) is 6.07 Å². The van der Waals surface area contributed by atoms with Crippen LogP contribution in [0.5, 0.6) is 0 Å². The molecule has 1 aromatic carbocycles. The minimum absolute atomic E-state index is 0.105. The maximum absolute atomic E-state index is 13.0. The van der Waals surface area contributed by atoms with Gasteiger partial charge in [-0.15, -0.1) is 0 Å². The number of benzene rings is 1. The summed E-state index contributed by atoms with van der Waals surface area (Å²) in [6, 6.07) is 4.71. The van der Waals surface area contributed by atoms with E-state index in [4.69, 9.17) is 10.5 Å². The molecule has 1 atom stereocenters. The van der Waals surface area contributed by atoms with Gasteiger partial charge in [0.2, 0.25) is 0 Å². The Bertz CT molecular complexity index is 376. The second-order valence-corrected chi connectivity index (χ2v) is 4.92. The summed E-state index contributed by atoms with van der Waals surface area (Å²) < 4.78 is 18.6. The van der Waals surface area contributed by atoms with Crippen LogP contribution in [0.4, 0.5) is 4.39 Å². The summed E-state index contributed by atoms with van der Waals surface area (Å²) in [5.74, 6) is -0.205. The van der Waals surface area contributed by atoms with Crippen LogP contribution in [0.15, 0.2) is 18.2 Å². The Morgan fingerprint density at radius 3 is 2.59 bits per heavy atom. The van der Waals surface area contributed by atoms with E-state index in [1.165, 1.54) is 12.1 Å². The third-order valence-corrected chi connectivity index (χ3v) is 3.15. The van der Waals surface area contributed by atoms with Crippen LogP contribution in [0.25, 0.3) is 0 Å². The molecule has 0 aliphatic heterocycles. The quantitative estimate of drug-likeness (QED) is 0.857. The third kappa shape index (κ3) is 3.79. The van der Waals surface area contributed by atoms with Crippen LogP contribution in [0.2, 0.25) is 0 Å². The van der Waals surface area contributed by atoms with Crippen LogP contribution < -0.4 is 5.73 Å². The first-order valence-corrected chi connectivity index (χ1v) is 6.01. The molecule has 1 unspecified atom stereocenters. The highest BCUT2D eigenvalue weighted by atomic mass is 19.1. The van der Waals surface area contributed by atoms with Gasteiger partial charge in [0.05, 0.1) is 5.60 Å². The van der Waals surface area contributed by atoms with Crippen molar-refractivity contribution in [3.05, 3.63) is 35.1 Å². The van der Waals surface area contributed by atoms with E-state index in [-0.39, 0.29) is 17.5 Å². The van der Waals surface area contributed by atoms with Crippen molar-refractivity contribution in [2.75, 3.05) is 6.61 Å². The topological polar surface area (TPSA) is 35.2 Å². The lowest BCUT2D eigenvalue weighted by atomic mass is 9.91. The summed E-state index contributed by atoms with van der Waals surface area (Å²) in [7, 11) is 0. The Morgan fingerprint density at radius 2 is 2.06 bits per heavy atom. The van der Waals surface area contributed by atoms with Gasteiger partial charge in [0, 0.05) is 12.6 Å². The molecular weight excluding hydrogens is 217 g/mol. The molecule has 0 spiro atoms. The van der Waals surface area contributed by atoms with Crippen molar-refractivity contribution >= 4 is 0 Å². The van der Waals surface area contributed by atoms with Crippen LogP contribution in [0.1, 0.15) is 31.9 Å². The van der Waals surface area contributed by atoms with E-state index >= 15 is 0 Å². The molecule has 2 nitrogen and oxygen atoms in total. The standard InChI is InChI=1S/C14H22FNO/c1-5-17-14(3,4)13(16)9-11-6-7-12(15)8-10(11)2/h6-8,13H,5,9,16H2,1-4H3. The number of nitrogens with two attached hydrogens (primary N) is 1. The van der Waals surface area contributed by atoms with Crippen LogP contribution in [0.3, 0.4) is 0 Å². The highest BCUT2D eigenvalue weighted by Gasteiger charge is 2.27. The fraction of sp³-hybridized carbons (Fsp3) is 0.571. The van der Waals surface area contributed by atoms with Crippen LogP contribution in [0, 0.1) is 12.7 Å². The fourth-order valence-corrected chi connectivity index (χ4v) is 1.85. The molecule has 0 heterocycles. The molecule has 1 rings (SSSR count). The SMILES string of the molecule is CCOC(C)(C)C(N)Cc1ccc(F)cc1C. The number of hydrogen-bond acceptors (Lipinski definition) is 2. The molecule has 96 valence electrons. The average Bonchev–Trinajstić information content (AvgIpc) is 2.22. The highest BCUT2D eigenvalue weighted by Crippen LogP contribution is 2.19. The van der Waals surface area contributed by atoms with Gasteiger partial charge in [0.15, 0.2) is 0 Å². The fourth-order valence-electron chi connectivity index (χ4n) is 1.85. The molecule has 0 bridgehead atoms. The molecule has 1 aromatic rings. The van der Waals surface area contributed by atoms with Crippen molar-refractivity contribution in [2.24, 2.45) is 5.73 Å². The summed E-state index contributed by atoms with van der Waals surface area (Å²) in [6.45, 7) is 8.47. The van der Waals surface area contributed by atoms with Gasteiger partial charge < -0.3 is 10.5 Å². The second-order valence-electron chi connectivity index (χ2n) is 4.92. The lowest BCUT2D eigenvalue weighted by Crippen LogP contribution is -2.46. The normalized spacial score (nSPS) is 13.8. The Kier molecular flexibility index (Phi) is 4.66. The highest BCUT2D eigenvalue weighted by molar-refractivity contribution is 5.27. The first-order valence-electron chi connectivity index (χ1n) is 6.01. The van der Waals surface area contributed by atoms with Crippen LogP contribution >= 0.6 is 0 Å². The van der Waals surface area contributed by atoms with Crippen LogP contribution in [-0.4, -0.2) is 18.2 Å². The second kappa shape index (κ2) is 5.61. The van der Waals surface area contributed by atoms with Crippen molar-refractivity contribution in [2.45, 2.75) is 45.8 Å². The van der Waals surface area contributed by atoms with Gasteiger partial charge in [-0.25, -0.2) is 4.39 Å². The third-order valence-electron chi connectivity index (χ3n) is 3.15. The average molecular weight is 239 g/mol. The Balaban J connectivity index is 2.77. The monoisotopic (exact) mass is 239 g/mol. The predicted octanol–water partition coefficient (Wildman–Crippen LogP) is 2.82. The van der Waals surface area contributed by atoms with Gasteiger partial charge in [0.1, 0.15) is 5.82 Å². The molecule has 0 aliphatic carbocycles. The minimum Gasteiger partial charge on any atom is -0.374 e. The van der Waals surface area contributed by atoms with Gasteiger partial charge in [-0.1, -0.05) is 6.07 Å². The molecule has 0 amide bonds. The summed E-state index contributed by atoms with van der Waals surface area (Å²) in [5.41, 5.74) is 7.81. The van der Waals surface area contributed by atoms with Crippen molar-refractivity contribution in [3.8, 4) is 0 Å². The molecular formula is C14H22FNO. The van der Waals surface area contributed by atoms with Gasteiger partial charge in [0.25, 0.3) is 0 Å². The minimum atomic E-state index is -0.365. The summed E-state index contributed by atoms with van der Waals surface area (Å²) >= 11 is 0. The van der Waals surface area contributed by atoms with Crippen LogP contribution in [-0.2, 0) is 11.2 Å². The molecule has 0 radical (unpaired) electrons. The molecule has 2 N–H and O–H groups in total. The summed E-state index contributed by atoms with van der Waals surface area (Å²) in [6.07, 6.45) is 0.694. The summed E-state index contributed by atoms with van der Waals surface area (Å²) in [5, 5.41) is 0. The van der Waals surface area contributed by atoms with E-state index < -0.39 is 0 Å². The molecule has 0 saturated heterocycles. The molecule has 0 aliphatic rings. The molecule has 0 saturated carbocycles. The lowest BCUT2D eigenvalue weighted by molar-refractivity contribution is -0.0288. The van der Waals surface area contributed by atoms with Crippen molar-refractivity contribution in [1.82, 2.24) is 0 Å². The zero-order valence-corrected chi connectivity index (χ0v) is 11.1. The lowest BCUT2D eigenvalue weighted by Gasteiger charge is -2.31. The zero-order chi connectivity index (χ0) is 13.1. The van der Waals surface area contributed by atoms with Gasteiger partial charge in [-0.2, -0.15) is 0 Å². The first-order chi connectivity index (χ1) is 7.86. The van der Waals surface area contributed by atoms with E-state index in [2.05, 4.69) is 0 Å². The molecule has 0 fully saturated rings. The Labute approximate surface area is 103 Å². The van der Waals surface area contributed by atoms with E-state index in [1.807, 2.05) is 27.7 Å². The van der Waals surface area contributed by atoms with E-state index in [9.17, 15) is 4.39 Å². The van der Waals surface area contributed by atoms with Gasteiger partial charge in [-0.05, 0) is 57.4 Å². The maximum atomic E-state index is 13.0. The van der Waals surface area contributed by atoms with Crippen molar-refractivity contribution < 1.29 is 9.13 Å². The molecule has 3 heteroatoms. The maximum Gasteiger partial charge on any atom is 0.123 e. The number of hydrogen-bond donors (Lipinski definition) is 1. The Hall–Kier alpha value is -0.930.